The fourth-order valence-electron chi connectivity index (χ4n) is 2.42. The van der Waals surface area contributed by atoms with Crippen molar-refractivity contribution in [1.82, 2.24) is 10.4 Å². The maximum atomic E-state index is 11.9. The first kappa shape index (κ1) is 18.5. The summed E-state index contributed by atoms with van der Waals surface area (Å²) in [5, 5.41) is 7.45. The minimum absolute atomic E-state index is 0.257. The monoisotopic (exact) mass is 380 g/mol. The number of aromatic nitrogens is 1. The Labute approximate surface area is 161 Å². The quantitative estimate of drug-likeness (QED) is 0.314. The number of fused-ring (bicyclic) bond motifs is 1. The van der Waals surface area contributed by atoms with E-state index in [0.29, 0.717) is 11.3 Å². The molecule has 0 atom stereocenters. The second kappa shape index (κ2) is 8.42. The van der Waals surface area contributed by atoms with Crippen molar-refractivity contribution in [2.75, 3.05) is 5.32 Å². The van der Waals surface area contributed by atoms with Crippen molar-refractivity contribution in [2.24, 2.45) is 5.10 Å². The molecule has 6 nitrogen and oxygen atoms in total. The lowest BCUT2D eigenvalue weighted by Gasteiger charge is -2.05. The largest absolute Gasteiger partial charge is 0.329 e. The Morgan fingerprint density at radius 3 is 2.59 bits per heavy atom. The zero-order chi connectivity index (χ0) is 19.2. The number of pyridine rings is 1. The van der Waals surface area contributed by atoms with Gasteiger partial charge in [0, 0.05) is 16.6 Å². The molecule has 0 spiro atoms. The summed E-state index contributed by atoms with van der Waals surface area (Å²) in [4.78, 5) is 28.0. The Hall–Kier alpha value is -3.25. The number of benzene rings is 2. The highest BCUT2D eigenvalue weighted by molar-refractivity contribution is 6.39. The molecular weight excluding hydrogens is 364 g/mol. The van der Waals surface area contributed by atoms with E-state index < -0.39 is 11.8 Å². The van der Waals surface area contributed by atoms with Crippen LogP contribution < -0.4 is 10.7 Å². The first-order chi connectivity index (χ1) is 13.1. The molecule has 0 unspecified atom stereocenters. The molecule has 0 saturated heterocycles. The smallest absolute Gasteiger partial charge is 0.318 e. The minimum Gasteiger partial charge on any atom is -0.318 e. The Balaban J connectivity index is 1.62. The van der Waals surface area contributed by atoms with Gasteiger partial charge in [0.15, 0.2) is 0 Å². The van der Waals surface area contributed by atoms with Crippen LogP contribution in [0, 0.1) is 0 Å². The van der Waals surface area contributed by atoms with Gasteiger partial charge in [-0.15, -0.1) is 0 Å². The van der Waals surface area contributed by atoms with Gasteiger partial charge in [-0.1, -0.05) is 48.9 Å². The summed E-state index contributed by atoms with van der Waals surface area (Å²) in [5.41, 5.74) is 5.16. The number of rotatable bonds is 4. The van der Waals surface area contributed by atoms with Gasteiger partial charge in [-0.2, -0.15) is 5.10 Å². The zero-order valence-electron chi connectivity index (χ0n) is 14.6. The molecule has 136 valence electrons. The maximum absolute atomic E-state index is 11.9. The Bertz CT molecular complexity index is 1020. The lowest BCUT2D eigenvalue weighted by Crippen LogP contribution is -2.32. The van der Waals surface area contributed by atoms with E-state index in [1.165, 1.54) is 6.21 Å². The number of carbonyl (C=O) groups excluding carboxylic acids is 2. The fraction of sp³-hybridized carbons (Fsp3) is 0.100. The van der Waals surface area contributed by atoms with E-state index in [9.17, 15) is 9.59 Å². The number of carbonyl (C=O) groups is 2. The molecule has 2 aromatic carbocycles. The number of hydrogen-bond acceptors (Lipinski definition) is 4. The molecular formula is C20H17ClN4O2. The highest BCUT2D eigenvalue weighted by Gasteiger charge is 2.13. The van der Waals surface area contributed by atoms with Crippen molar-refractivity contribution in [3.63, 3.8) is 0 Å². The molecule has 0 aliphatic rings. The molecule has 7 heteroatoms. The third kappa shape index (κ3) is 4.68. The molecule has 1 heterocycles. The van der Waals surface area contributed by atoms with Crippen LogP contribution in [0.15, 0.2) is 59.7 Å². The fourth-order valence-corrected chi connectivity index (χ4v) is 2.62. The summed E-state index contributed by atoms with van der Waals surface area (Å²) < 4.78 is 0. The molecule has 0 saturated carbocycles. The number of anilines is 1. The molecule has 27 heavy (non-hydrogen) atoms. The number of hydrogen-bond donors (Lipinski definition) is 2. The SMILES string of the molecule is CCc1ccc(NC(=O)C(=O)N/N=C\c2cc3ccccc3nc2Cl)cc1. The van der Waals surface area contributed by atoms with Crippen LogP contribution in [0.4, 0.5) is 5.69 Å². The summed E-state index contributed by atoms with van der Waals surface area (Å²) in [6.45, 7) is 2.04. The first-order valence-electron chi connectivity index (χ1n) is 8.35. The first-order valence-corrected chi connectivity index (χ1v) is 8.73. The maximum Gasteiger partial charge on any atom is 0.329 e. The van der Waals surface area contributed by atoms with Crippen molar-refractivity contribution >= 4 is 46.2 Å². The molecule has 1 aromatic heterocycles. The number of nitrogens with one attached hydrogen (secondary N) is 2. The van der Waals surface area contributed by atoms with Gasteiger partial charge in [-0.3, -0.25) is 9.59 Å². The molecule has 2 amide bonds. The number of halogens is 1. The third-order valence-corrected chi connectivity index (χ3v) is 4.20. The van der Waals surface area contributed by atoms with E-state index in [1.807, 2.05) is 43.3 Å². The van der Waals surface area contributed by atoms with Crippen LogP contribution in [0.3, 0.4) is 0 Å². The van der Waals surface area contributed by atoms with Gasteiger partial charge in [0.25, 0.3) is 0 Å². The van der Waals surface area contributed by atoms with Crippen LogP contribution in [-0.4, -0.2) is 23.0 Å². The molecule has 0 fully saturated rings. The molecule has 0 aliphatic heterocycles. The molecule has 0 aliphatic carbocycles. The van der Waals surface area contributed by atoms with Gasteiger partial charge in [0.1, 0.15) is 5.15 Å². The number of amides is 2. The van der Waals surface area contributed by atoms with Gasteiger partial charge < -0.3 is 5.32 Å². The molecule has 0 bridgehead atoms. The van der Waals surface area contributed by atoms with Crippen LogP contribution in [0.25, 0.3) is 10.9 Å². The Morgan fingerprint density at radius 2 is 1.85 bits per heavy atom. The van der Waals surface area contributed by atoms with Crippen LogP contribution in [0.5, 0.6) is 0 Å². The van der Waals surface area contributed by atoms with Gasteiger partial charge in [0.05, 0.1) is 11.7 Å². The van der Waals surface area contributed by atoms with E-state index in [4.69, 9.17) is 11.6 Å². The van der Waals surface area contributed by atoms with Crippen molar-refractivity contribution in [3.8, 4) is 0 Å². The summed E-state index contributed by atoms with van der Waals surface area (Å²) >= 11 is 6.12. The predicted molar refractivity (Wildman–Crippen MR) is 107 cm³/mol. The second-order valence-corrected chi connectivity index (χ2v) is 6.12. The van der Waals surface area contributed by atoms with Crippen molar-refractivity contribution in [1.29, 1.82) is 0 Å². The lowest BCUT2D eigenvalue weighted by atomic mass is 10.1. The highest BCUT2D eigenvalue weighted by atomic mass is 35.5. The number of hydrazone groups is 1. The normalized spacial score (nSPS) is 10.9. The molecule has 3 aromatic rings. The van der Waals surface area contributed by atoms with Crippen molar-refractivity contribution in [2.45, 2.75) is 13.3 Å². The average Bonchev–Trinajstić information content (AvgIpc) is 2.68. The van der Waals surface area contributed by atoms with E-state index in [2.05, 4.69) is 20.8 Å². The number of nitrogens with zero attached hydrogens (tertiary/aromatic N) is 2. The topological polar surface area (TPSA) is 83.5 Å². The minimum atomic E-state index is -0.879. The van der Waals surface area contributed by atoms with Crippen LogP contribution in [0.2, 0.25) is 5.15 Å². The second-order valence-electron chi connectivity index (χ2n) is 5.76. The van der Waals surface area contributed by atoms with Gasteiger partial charge in [-0.25, -0.2) is 10.4 Å². The number of aryl methyl sites for hydroxylation is 1. The van der Waals surface area contributed by atoms with Crippen LogP contribution in [-0.2, 0) is 16.0 Å². The van der Waals surface area contributed by atoms with Crippen LogP contribution >= 0.6 is 11.6 Å². The summed E-state index contributed by atoms with van der Waals surface area (Å²) in [5.74, 6) is -1.69. The average molecular weight is 381 g/mol. The Kier molecular flexibility index (Phi) is 5.78. The summed E-state index contributed by atoms with van der Waals surface area (Å²) in [7, 11) is 0. The molecule has 3 rings (SSSR count). The van der Waals surface area contributed by atoms with E-state index in [-0.39, 0.29) is 5.15 Å². The standard InChI is InChI=1S/C20H17ClN4O2/c1-2-13-7-9-16(10-8-13)23-19(26)20(27)25-22-12-15-11-14-5-3-4-6-17(14)24-18(15)21/h3-12H,2H2,1H3,(H,23,26)(H,25,27)/b22-12-. The van der Waals surface area contributed by atoms with Gasteiger partial charge in [0.2, 0.25) is 0 Å². The van der Waals surface area contributed by atoms with Crippen LogP contribution in [0.1, 0.15) is 18.1 Å². The Morgan fingerprint density at radius 1 is 1.11 bits per heavy atom. The zero-order valence-corrected chi connectivity index (χ0v) is 15.3. The lowest BCUT2D eigenvalue weighted by molar-refractivity contribution is -0.136. The van der Waals surface area contributed by atoms with Gasteiger partial charge in [-0.05, 0) is 36.2 Å². The van der Waals surface area contributed by atoms with E-state index in [0.717, 1.165) is 22.9 Å². The van der Waals surface area contributed by atoms with E-state index >= 15 is 0 Å². The predicted octanol–water partition coefficient (Wildman–Crippen LogP) is 3.54. The summed E-state index contributed by atoms with van der Waals surface area (Å²) in [6, 6.07) is 16.6. The third-order valence-electron chi connectivity index (χ3n) is 3.90. The highest BCUT2D eigenvalue weighted by Crippen LogP contribution is 2.18. The van der Waals surface area contributed by atoms with Gasteiger partial charge >= 0.3 is 11.8 Å². The van der Waals surface area contributed by atoms with Crippen molar-refractivity contribution in [3.05, 3.63) is 70.9 Å². The summed E-state index contributed by atoms with van der Waals surface area (Å²) in [6.07, 6.45) is 2.25. The van der Waals surface area contributed by atoms with E-state index in [1.54, 1.807) is 18.2 Å². The molecule has 0 radical (unpaired) electrons. The molecule has 2 N–H and O–H groups in total. The van der Waals surface area contributed by atoms with Crippen molar-refractivity contribution < 1.29 is 9.59 Å². The number of para-hydroxylation sites is 1.